The summed E-state index contributed by atoms with van der Waals surface area (Å²) in [6, 6.07) is 5.28. The smallest absolute Gasteiger partial charge is 0.405 e. The average Bonchev–Trinajstić information content (AvgIpc) is 2.43. The molecular weight excluding hydrogens is 296 g/mol. The quantitative estimate of drug-likeness (QED) is 0.723. The van der Waals surface area contributed by atoms with Crippen molar-refractivity contribution in [3.05, 3.63) is 29.8 Å². The van der Waals surface area contributed by atoms with Gasteiger partial charge in [0.1, 0.15) is 0 Å². The Kier molecular flexibility index (Phi) is 5.71. The molecule has 0 bridgehead atoms. The number of rotatable bonds is 6. The van der Waals surface area contributed by atoms with E-state index < -0.39 is 22.0 Å². The molecule has 0 saturated heterocycles. The van der Waals surface area contributed by atoms with Crippen LogP contribution in [-0.2, 0) is 14.6 Å². The number of hydrogen-bond acceptors (Lipinski definition) is 4. The van der Waals surface area contributed by atoms with Crippen LogP contribution in [0.15, 0.2) is 29.2 Å². The zero-order valence-electron chi connectivity index (χ0n) is 11.8. The van der Waals surface area contributed by atoms with Crippen LogP contribution in [0.2, 0.25) is 0 Å². The number of sulfone groups is 1. The Bertz CT molecular complexity index is 610. The maximum absolute atomic E-state index is 11.7. The lowest BCUT2D eigenvalue weighted by Gasteiger charge is -2.18. The summed E-state index contributed by atoms with van der Waals surface area (Å²) >= 11 is 0. The molecule has 1 aromatic rings. The third kappa shape index (κ3) is 5.07. The largest absolute Gasteiger partial charge is 0.465 e. The molecule has 0 fully saturated rings. The van der Waals surface area contributed by atoms with Gasteiger partial charge < -0.3 is 15.7 Å². The second-order valence-corrected chi connectivity index (χ2v) is 6.69. The molecule has 0 spiro atoms. The Morgan fingerprint density at radius 1 is 1.24 bits per heavy atom. The van der Waals surface area contributed by atoms with Gasteiger partial charge in [0.2, 0.25) is 5.91 Å². The van der Waals surface area contributed by atoms with E-state index >= 15 is 0 Å². The first kappa shape index (κ1) is 17.0. The van der Waals surface area contributed by atoms with E-state index in [-0.39, 0.29) is 23.1 Å². The minimum absolute atomic E-state index is 0.00492. The molecule has 0 aliphatic carbocycles. The summed E-state index contributed by atoms with van der Waals surface area (Å²) in [7, 11) is -3.30. The van der Waals surface area contributed by atoms with Gasteiger partial charge in [0.05, 0.1) is 16.7 Å². The van der Waals surface area contributed by atoms with Crippen molar-refractivity contribution in [2.24, 2.45) is 0 Å². The molecule has 21 heavy (non-hydrogen) atoms. The summed E-state index contributed by atoms with van der Waals surface area (Å²) in [5, 5.41) is 13.6. The van der Waals surface area contributed by atoms with E-state index in [9.17, 15) is 18.0 Å². The molecule has 1 atom stereocenters. The monoisotopic (exact) mass is 314 g/mol. The number of nitrogens with one attached hydrogen (secondary N) is 2. The van der Waals surface area contributed by atoms with Gasteiger partial charge in [-0.1, -0.05) is 19.1 Å². The van der Waals surface area contributed by atoms with Crippen LogP contribution < -0.4 is 10.6 Å². The Morgan fingerprint density at radius 2 is 1.81 bits per heavy atom. The number of hydrogen-bond donors (Lipinski definition) is 3. The molecule has 2 amide bonds. The van der Waals surface area contributed by atoms with Crippen molar-refractivity contribution in [1.29, 1.82) is 0 Å². The number of benzene rings is 1. The van der Waals surface area contributed by atoms with E-state index in [4.69, 9.17) is 5.11 Å². The minimum Gasteiger partial charge on any atom is -0.465 e. The van der Waals surface area contributed by atoms with Crippen molar-refractivity contribution >= 4 is 21.8 Å². The van der Waals surface area contributed by atoms with Crippen molar-refractivity contribution in [3.8, 4) is 0 Å². The van der Waals surface area contributed by atoms with Crippen LogP contribution in [0.3, 0.4) is 0 Å². The van der Waals surface area contributed by atoms with Gasteiger partial charge in [-0.05, 0) is 17.7 Å². The maximum Gasteiger partial charge on any atom is 0.405 e. The van der Waals surface area contributed by atoms with Gasteiger partial charge in [-0.25, -0.2) is 13.2 Å². The normalized spacial score (nSPS) is 12.5. The van der Waals surface area contributed by atoms with Gasteiger partial charge in [0.25, 0.3) is 0 Å². The van der Waals surface area contributed by atoms with Crippen LogP contribution >= 0.6 is 0 Å². The zero-order valence-corrected chi connectivity index (χ0v) is 12.6. The fraction of sp³-hybridized carbons (Fsp3) is 0.385. The van der Waals surface area contributed by atoms with E-state index in [1.54, 1.807) is 6.92 Å². The van der Waals surface area contributed by atoms with Crippen molar-refractivity contribution < 1.29 is 23.1 Å². The third-order valence-corrected chi connectivity index (χ3v) is 4.62. The molecule has 8 heteroatoms. The lowest BCUT2D eigenvalue weighted by atomic mass is 10.1. The van der Waals surface area contributed by atoms with Gasteiger partial charge in [0.15, 0.2) is 9.84 Å². The lowest BCUT2D eigenvalue weighted by molar-refractivity contribution is -0.119. The molecule has 0 aliphatic heterocycles. The highest BCUT2D eigenvalue weighted by molar-refractivity contribution is 7.91. The summed E-state index contributed by atoms with van der Waals surface area (Å²) < 4.78 is 23.4. The molecule has 0 aromatic heterocycles. The van der Waals surface area contributed by atoms with Crippen molar-refractivity contribution in [2.45, 2.75) is 24.8 Å². The maximum atomic E-state index is 11.7. The van der Waals surface area contributed by atoms with Gasteiger partial charge in [0, 0.05) is 13.5 Å². The van der Waals surface area contributed by atoms with Crippen LogP contribution in [0.5, 0.6) is 0 Å². The highest BCUT2D eigenvalue weighted by Crippen LogP contribution is 2.17. The summed E-state index contributed by atoms with van der Waals surface area (Å²) in [5.41, 5.74) is 0.571. The van der Waals surface area contributed by atoms with Crippen LogP contribution in [0.4, 0.5) is 4.79 Å². The van der Waals surface area contributed by atoms with Crippen molar-refractivity contribution in [1.82, 2.24) is 10.6 Å². The lowest BCUT2D eigenvalue weighted by Crippen LogP contribution is -2.36. The van der Waals surface area contributed by atoms with Crippen LogP contribution in [0.1, 0.15) is 25.5 Å². The predicted molar refractivity (Wildman–Crippen MR) is 76.8 cm³/mol. The van der Waals surface area contributed by atoms with Gasteiger partial charge in [-0.2, -0.15) is 0 Å². The standard InChI is InChI=1S/C13H18N2O5S/c1-3-21(19,20)11-6-4-10(5-7-11)12(15-13(17)18)8-14-9(2)16/h4-7,12,15H,3,8H2,1-2H3,(H,14,16)(H,17,18)/t12-/m0/s1. The van der Waals surface area contributed by atoms with E-state index in [2.05, 4.69) is 10.6 Å². The van der Waals surface area contributed by atoms with Crippen LogP contribution in [-0.4, -0.2) is 37.8 Å². The second kappa shape index (κ2) is 7.07. The minimum atomic E-state index is -3.30. The number of carboxylic acid groups (broad SMARTS) is 1. The predicted octanol–water partition coefficient (Wildman–Crippen LogP) is 0.925. The van der Waals surface area contributed by atoms with Crippen LogP contribution in [0.25, 0.3) is 0 Å². The topological polar surface area (TPSA) is 113 Å². The number of carbonyl (C=O) groups is 2. The first-order valence-corrected chi connectivity index (χ1v) is 7.98. The molecule has 0 saturated carbocycles. The first-order chi connectivity index (χ1) is 9.76. The average molecular weight is 314 g/mol. The SMILES string of the molecule is CCS(=O)(=O)c1ccc([C@H](CNC(C)=O)NC(=O)O)cc1. The van der Waals surface area contributed by atoms with E-state index in [1.807, 2.05) is 0 Å². The Hall–Kier alpha value is -2.09. The van der Waals surface area contributed by atoms with Gasteiger partial charge in [-0.3, -0.25) is 4.79 Å². The van der Waals surface area contributed by atoms with E-state index in [0.29, 0.717) is 5.56 Å². The van der Waals surface area contributed by atoms with E-state index in [1.165, 1.54) is 31.2 Å². The first-order valence-electron chi connectivity index (χ1n) is 6.33. The molecule has 3 N–H and O–H groups in total. The number of amides is 2. The Morgan fingerprint density at radius 3 is 2.24 bits per heavy atom. The summed E-state index contributed by atoms with van der Waals surface area (Å²) in [5.74, 6) is -0.285. The molecule has 1 rings (SSSR count). The van der Waals surface area contributed by atoms with E-state index in [0.717, 1.165) is 0 Å². The number of carbonyl (C=O) groups excluding carboxylic acids is 1. The molecule has 116 valence electrons. The second-order valence-electron chi connectivity index (χ2n) is 4.41. The van der Waals surface area contributed by atoms with Crippen molar-refractivity contribution in [2.75, 3.05) is 12.3 Å². The third-order valence-electron chi connectivity index (χ3n) is 2.87. The molecule has 0 unspecified atom stereocenters. The summed E-state index contributed by atoms with van der Waals surface area (Å²) in [6.07, 6.45) is -1.23. The Labute approximate surface area is 123 Å². The molecule has 1 aromatic carbocycles. The van der Waals surface area contributed by atoms with Crippen LogP contribution in [0, 0.1) is 0 Å². The Balaban J connectivity index is 2.97. The molecule has 7 nitrogen and oxygen atoms in total. The highest BCUT2D eigenvalue weighted by atomic mass is 32.2. The fourth-order valence-corrected chi connectivity index (χ4v) is 2.61. The zero-order chi connectivity index (χ0) is 16.0. The van der Waals surface area contributed by atoms with Crippen molar-refractivity contribution in [3.63, 3.8) is 0 Å². The molecule has 0 radical (unpaired) electrons. The molecule has 0 aliphatic rings. The molecular formula is C13H18N2O5S. The molecule has 0 heterocycles. The van der Waals surface area contributed by atoms with Gasteiger partial charge >= 0.3 is 6.09 Å². The summed E-state index contributed by atoms with van der Waals surface area (Å²) in [4.78, 5) is 21.9. The highest BCUT2D eigenvalue weighted by Gasteiger charge is 2.16. The summed E-state index contributed by atoms with van der Waals surface area (Å²) in [6.45, 7) is 2.96. The fourth-order valence-electron chi connectivity index (χ4n) is 1.72. The van der Waals surface area contributed by atoms with Gasteiger partial charge in [-0.15, -0.1) is 0 Å².